The molecule has 2 heteroatoms. The van der Waals surface area contributed by atoms with Gasteiger partial charge in [-0.15, -0.1) is 0 Å². The Labute approximate surface area is 116 Å². The lowest BCUT2D eigenvalue weighted by atomic mass is 9.91. The average Bonchev–Trinajstić information content (AvgIpc) is 2.82. The minimum Gasteiger partial charge on any atom is -0.244 e. The molecule has 0 fully saturated rings. The van der Waals surface area contributed by atoms with Gasteiger partial charge in [0, 0.05) is 11.1 Å². The number of nitrogens with zero attached hydrogens (tertiary/aromatic N) is 2. The summed E-state index contributed by atoms with van der Waals surface area (Å²) in [6, 6.07) is 14.7. The Hall–Kier alpha value is -2.48. The van der Waals surface area contributed by atoms with Crippen LogP contribution >= 0.6 is 0 Å². The van der Waals surface area contributed by atoms with Gasteiger partial charge in [0.15, 0.2) is 0 Å². The van der Waals surface area contributed by atoms with Gasteiger partial charge in [-0.1, -0.05) is 36.4 Å². The molecule has 0 atom stereocenters. The van der Waals surface area contributed by atoms with Crippen LogP contribution in [0.4, 0.5) is 0 Å². The van der Waals surface area contributed by atoms with Gasteiger partial charge in [0.25, 0.3) is 0 Å². The number of aromatic nitrogens is 2. The molecule has 2 nitrogen and oxygen atoms in total. The summed E-state index contributed by atoms with van der Waals surface area (Å²) in [6.07, 6.45) is 4.54. The second-order valence-corrected chi connectivity index (χ2v) is 5.41. The Balaban J connectivity index is 1.95. The van der Waals surface area contributed by atoms with Gasteiger partial charge in [-0.2, -0.15) is 0 Å². The van der Waals surface area contributed by atoms with Gasteiger partial charge >= 0.3 is 0 Å². The molecule has 2 aliphatic rings. The highest BCUT2D eigenvalue weighted by Gasteiger charge is 2.30. The van der Waals surface area contributed by atoms with Crippen molar-refractivity contribution in [1.82, 2.24) is 9.97 Å². The maximum atomic E-state index is 4.87. The zero-order valence-corrected chi connectivity index (χ0v) is 10.9. The van der Waals surface area contributed by atoms with E-state index in [2.05, 4.69) is 24.3 Å². The van der Waals surface area contributed by atoms with Crippen LogP contribution in [0.3, 0.4) is 0 Å². The van der Waals surface area contributed by atoms with E-state index in [0.717, 1.165) is 35.3 Å². The van der Waals surface area contributed by atoms with Crippen LogP contribution in [0, 0.1) is 0 Å². The molecule has 0 saturated heterocycles. The van der Waals surface area contributed by atoms with Gasteiger partial charge in [-0.05, 0) is 36.1 Å². The van der Waals surface area contributed by atoms with Crippen molar-refractivity contribution in [3.05, 3.63) is 65.4 Å². The fourth-order valence-corrected chi connectivity index (χ4v) is 3.39. The predicted molar refractivity (Wildman–Crippen MR) is 80.4 cm³/mol. The Bertz CT molecular complexity index is 906. The second kappa shape index (κ2) is 3.54. The van der Waals surface area contributed by atoms with Crippen LogP contribution in [0.5, 0.6) is 0 Å². The number of hydrogen-bond acceptors (Lipinski definition) is 2. The zero-order chi connectivity index (χ0) is 13.1. The Kier molecular flexibility index (Phi) is 1.83. The smallest absolute Gasteiger partial charge is 0.0979 e. The first-order valence-corrected chi connectivity index (χ1v) is 7.02. The second-order valence-electron chi connectivity index (χ2n) is 5.41. The summed E-state index contributed by atoms with van der Waals surface area (Å²) in [6.45, 7) is 0. The van der Waals surface area contributed by atoms with Crippen LogP contribution in [0.2, 0.25) is 0 Å². The summed E-state index contributed by atoms with van der Waals surface area (Å²) in [5.41, 5.74) is 9.40. The molecule has 2 aromatic carbocycles. The normalized spacial score (nSPS) is 14.9. The van der Waals surface area contributed by atoms with Crippen molar-refractivity contribution < 1.29 is 0 Å². The molecule has 0 radical (unpaired) electrons. The van der Waals surface area contributed by atoms with Crippen molar-refractivity contribution in [2.24, 2.45) is 0 Å². The van der Waals surface area contributed by atoms with Crippen molar-refractivity contribution >= 4 is 16.6 Å². The number of benzene rings is 2. The molecule has 0 aliphatic heterocycles. The minimum atomic E-state index is 0.975. The summed E-state index contributed by atoms with van der Waals surface area (Å²) < 4.78 is 0. The molecule has 0 unspecified atom stereocenters. The highest BCUT2D eigenvalue weighted by molar-refractivity contribution is 6.01. The monoisotopic (exact) mass is 256 g/mol. The lowest BCUT2D eigenvalue weighted by molar-refractivity contribution is 0.980. The third-order valence-electron chi connectivity index (χ3n) is 4.26. The lowest BCUT2D eigenvalue weighted by Crippen LogP contribution is -1.98. The highest BCUT2D eigenvalue weighted by Crippen LogP contribution is 2.46. The van der Waals surface area contributed by atoms with Gasteiger partial charge in [0.05, 0.1) is 22.4 Å². The molecule has 2 aliphatic carbocycles. The summed E-state index contributed by atoms with van der Waals surface area (Å²) in [5, 5.41) is 0. The largest absolute Gasteiger partial charge is 0.244 e. The molecule has 1 aromatic heterocycles. The molecular formula is C18H12N2. The Morgan fingerprint density at radius 2 is 1.60 bits per heavy atom. The Morgan fingerprint density at radius 1 is 0.800 bits per heavy atom. The van der Waals surface area contributed by atoms with Crippen molar-refractivity contribution in [2.45, 2.75) is 12.8 Å². The van der Waals surface area contributed by atoms with Gasteiger partial charge < -0.3 is 0 Å². The predicted octanol–water partition coefficient (Wildman–Crippen LogP) is 3.99. The maximum absolute atomic E-state index is 4.87. The zero-order valence-electron chi connectivity index (χ0n) is 10.9. The molecule has 0 bridgehead atoms. The summed E-state index contributed by atoms with van der Waals surface area (Å²) >= 11 is 0. The summed E-state index contributed by atoms with van der Waals surface area (Å²) in [5.74, 6) is 0. The van der Waals surface area contributed by atoms with E-state index in [-0.39, 0.29) is 0 Å². The van der Waals surface area contributed by atoms with Gasteiger partial charge in [-0.3, -0.25) is 0 Å². The quantitative estimate of drug-likeness (QED) is 0.475. The lowest BCUT2D eigenvalue weighted by Gasteiger charge is -2.13. The van der Waals surface area contributed by atoms with Gasteiger partial charge in [-0.25, -0.2) is 9.97 Å². The molecule has 0 saturated carbocycles. The average molecular weight is 256 g/mol. The summed E-state index contributed by atoms with van der Waals surface area (Å²) in [4.78, 5) is 9.73. The fourth-order valence-electron chi connectivity index (χ4n) is 3.39. The molecule has 94 valence electrons. The summed E-state index contributed by atoms with van der Waals surface area (Å²) in [7, 11) is 0. The van der Waals surface area contributed by atoms with E-state index in [4.69, 9.17) is 9.97 Å². The Morgan fingerprint density at radius 3 is 2.45 bits per heavy atom. The van der Waals surface area contributed by atoms with Crippen LogP contribution in [0.15, 0.2) is 48.5 Å². The van der Waals surface area contributed by atoms with Crippen molar-refractivity contribution in [3.63, 3.8) is 0 Å². The molecule has 0 spiro atoms. The molecule has 0 amide bonds. The number of aryl methyl sites for hydroxylation is 1. The van der Waals surface area contributed by atoms with Crippen molar-refractivity contribution in [3.8, 4) is 11.3 Å². The van der Waals surface area contributed by atoms with Crippen LogP contribution in [-0.4, -0.2) is 9.97 Å². The molecular weight excluding hydrogens is 244 g/mol. The fraction of sp³-hybridized carbons (Fsp3) is 0.111. The highest BCUT2D eigenvalue weighted by atomic mass is 14.8. The van der Waals surface area contributed by atoms with Crippen molar-refractivity contribution in [2.75, 3.05) is 0 Å². The first-order valence-electron chi connectivity index (χ1n) is 7.02. The first kappa shape index (κ1) is 10.3. The number of fused-ring (bicyclic) bond motifs is 4. The number of allylic oxidation sites excluding steroid dienone is 1. The minimum absolute atomic E-state index is 0.975. The van der Waals surface area contributed by atoms with E-state index in [9.17, 15) is 0 Å². The first-order chi connectivity index (χ1) is 9.92. The maximum Gasteiger partial charge on any atom is 0.0979 e. The van der Waals surface area contributed by atoms with Crippen LogP contribution in [-0.2, 0) is 6.42 Å². The van der Waals surface area contributed by atoms with E-state index < -0.39 is 0 Å². The third kappa shape index (κ3) is 1.19. The third-order valence-corrected chi connectivity index (χ3v) is 4.26. The van der Waals surface area contributed by atoms with E-state index in [0.29, 0.717) is 0 Å². The SMILES string of the molecule is C1=C2c3nc4ccccc4nc3-c3cccc(c32)CC1. The van der Waals surface area contributed by atoms with Crippen LogP contribution < -0.4 is 0 Å². The van der Waals surface area contributed by atoms with Crippen LogP contribution in [0.1, 0.15) is 23.2 Å². The molecule has 5 rings (SSSR count). The van der Waals surface area contributed by atoms with Gasteiger partial charge in [0.2, 0.25) is 0 Å². The molecule has 3 aromatic rings. The molecule has 20 heavy (non-hydrogen) atoms. The van der Waals surface area contributed by atoms with E-state index >= 15 is 0 Å². The van der Waals surface area contributed by atoms with Gasteiger partial charge in [0.1, 0.15) is 0 Å². The van der Waals surface area contributed by atoms with Crippen molar-refractivity contribution in [1.29, 1.82) is 0 Å². The number of rotatable bonds is 0. The number of hydrogen-bond donors (Lipinski definition) is 0. The number of para-hydroxylation sites is 2. The van der Waals surface area contributed by atoms with E-state index in [1.54, 1.807) is 0 Å². The topological polar surface area (TPSA) is 25.8 Å². The molecule has 1 heterocycles. The van der Waals surface area contributed by atoms with E-state index in [1.807, 2.05) is 24.3 Å². The van der Waals surface area contributed by atoms with Crippen LogP contribution in [0.25, 0.3) is 27.9 Å². The van der Waals surface area contributed by atoms with E-state index in [1.165, 1.54) is 22.3 Å². The standard InChI is InChI=1S/C18H12N2/c1-2-10-15-14(9-1)19-17-12-7-3-5-11-6-4-8-13(16(11)12)18(17)20-15/h1-3,5,7-10H,4,6H2. The molecule has 0 N–H and O–H groups in total.